The van der Waals surface area contributed by atoms with Gasteiger partial charge in [0.1, 0.15) is 29.9 Å². The number of methoxy groups -OCH3 is 2. The number of carbonyl (C=O) groups excluding carboxylic acids is 1. The number of rotatable bonds is 9. The zero-order chi connectivity index (χ0) is 20.6. The Morgan fingerprint density at radius 1 is 1.14 bits per heavy atom. The van der Waals surface area contributed by atoms with Gasteiger partial charge in [0.15, 0.2) is 6.54 Å². The van der Waals surface area contributed by atoms with Gasteiger partial charge in [0.25, 0.3) is 5.91 Å². The number of halogens is 1. The zero-order valence-corrected chi connectivity index (χ0v) is 17.6. The zero-order valence-electron chi connectivity index (χ0n) is 16.9. The monoisotopic (exact) mass is 419 g/mol. The summed E-state index contributed by atoms with van der Waals surface area (Å²) in [6, 6.07) is 13.3. The molecule has 1 heterocycles. The fourth-order valence-corrected chi connectivity index (χ4v) is 3.89. The van der Waals surface area contributed by atoms with E-state index in [1.165, 1.54) is 4.90 Å². The first-order valence-corrected chi connectivity index (χ1v) is 10.2. The Balaban J connectivity index is 1.50. The van der Waals surface area contributed by atoms with Gasteiger partial charge in [-0.1, -0.05) is 11.6 Å². The summed E-state index contributed by atoms with van der Waals surface area (Å²) >= 11 is 5.86. The third-order valence-electron chi connectivity index (χ3n) is 5.19. The number of quaternary nitrogens is 1. The van der Waals surface area contributed by atoms with E-state index in [0.717, 1.165) is 42.2 Å². The Bertz CT molecular complexity index is 813. The predicted molar refractivity (Wildman–Crippen MR) is 112 cm³/mol. The molecule has 3 rings (SSSR count). The Morgan fingerprint density at radius 3 is 2.62 bits per heavy atom. The Labute approximate surface area is 176 Å². The van der Waals surface area contributed by atoms with Gasteiger partial charge in [-0.05, 0) is 36.4 Å². The molecule has 2 aromatic rings. The number of likely N-dealkylation sites (tertiary alicyclic amines) is 1. The van der Waals surface area contributed by atoms with Crippen molar-refractivity contribution in [2.75, 3.05) is 40.5 Å². The van der Waals surface area contributed by atoms with Gasteiger partial charge in [0.05, 0.1) is 32.9 Å². The van der Waals surface area contributed by atoms with Crippen molar-refractivity contribution in [1.82, 2.24) is 5.32 Å². The Hall–Kier alpha value is -2.44. The lowest BCUT2D eigenvalue weighted by Gasteiger charge is -2.23. The molecule has 1 unspecified atom stereocenters. The van der Waals surface area contributed by atoms with E-state index < -0.39 is 0 Å². The van der Waals surface area contributed by atoms with E-state index in [4.69, 9.17) is 25.8 Å². The molecule has 6 nitrogen and oxygen atoms in total. The number of amides is 1. The molecule has 1 aliphatic rings. The quantitative estimate of drug-likeness (QED) is 0.612. The average molecular weight is 420 g/mol. The van der Waals surface area contributed by atoms with E-state index in [-0.39, 0.29) is 11.9 Å². The molecule has 156 valence electrons. The SMILES string of the molecule is COc1ccc([C@@H]2CCC[NH+]2CC(=O)NCCOc2ccc(Cl)cc2)c(OC)c1. The average Bonchev–Trinajstić information content (AvgIpc) is 3.19. The maximum absolute atomic E-state index is 12.4. The van der Waals surface area contributed by atoms with Gasteiger partial charge in [-0.2, -0.15) is 0 Å². The second kappa shape index (κ2) is 10.4. The first kappa shape index (κ1) is 21.3. The number of hydrogen-bond acceptors (Lipinski definition) is 4. The summed E-state index contributed by atoms with van der Waals surface area (Å²) in [5, 5.41) is 3.62. The van der Waals surface area contributed by atoms with Crippen LogP contribution >= 0.6 is 11.6 Å². The van der Waals surface area contributed by atoms with Crippen LogP contribution in [-0.2, 0) is 4.79 Å². The normalized spacial score (nSPS) is 18.3. The van der Waals surface area contributed by atoms with Gasteiger partial charge in [-0.25, -0.2) is 0 Å². The summed E-state index contributed by atoms with van der Waals surface area (Å²) in [5.74, 6) is 2.34. The summed E-state index contributed by atoms with van der Waals surface area (Å²) in [4.78, 5) is 13.7. The summed E-state index contributed by atoms with van der Waals surface area (Å²) in [5.41, 5.74) is 1.12. The predicted octanol–water partition coefficient (Wildman–Crippen LogP) is 2.27. The van der Waals surface area contributed by atoms with Gasteiger partial charge in [-0.3, -0.25) is 4.79 Å². The molecule has 0 bridgehead atoms. The molecule has 29 heavy (non-hydrogen) atoms. The number of benzene rings is 2. The second-order valence-electron chi connectivity index (χ2n) is 7.04. The minimum Gasteiger partial charge on any atom is -0.497 e. The van der Waals surface area contributed by atoms with Crippen molar-refractivity contribution < 1.29 is 23.9 Å². The third-order valence-corrected chi connectivity index (χ3v) is 5.45. The van der Waals surface area contributed by atoms with Crippen molar-refractivity contribution >= 4 is 17.5 Å². The molecule has 0 radical (unpaired) electrons. The highest BCUT2D eigenvalue weighted by Gasteiger charge is 2.33. The van der Waals surface area contributed by atoms with Gasteiger partial charge < -0.3 is 24.4 Å². The van der Waals surface area contributed by atoms with Crippen LogP contribution in [0.25, 0.3) is 0 Å². The van der Waals surface area contributed by atoms with Crippen LogP contribution in [-0.4, -0.2) is 46.4 Å². The van der Waals surface area contributed by atoms with E-state index in [0.29, 0.717) is 24.7 Å². The van der Waals surface area contributed by atoms with Crippen molar-refractivity contribution in [3.8, 4) is 17.2 Å². The summed E-state index contributed by atoms with van der Waals surface area (Å²) < 4.78 is 16.5. The smallest absolute Gasteiger partial charge is 0.275 e. The molecule has 0 spiro atoms. The van der Waals surface area contributed by atoms with E-state index in [1.807, 2.05) is 30.3 Å². The molecule has 2 N–H and O–H groups in total. The van der Waals surface area contributed by atoms with Gasteiger partial charge in [0.2, 0.25) is 0 Å². The Kier molecular flexibility index (Phi) is 7.61. The largest absolute Gasteiger partial charge is 0.497 e. The van der Waals surface area contributed by atoms with Crippen molar-refractivity contribution in [3.05, 3.63) is 53.1 Å². The maximum Gasteiger partial charge on any atom is 0.275 e. The topological polar surface area (TPSA) is 61.2 Å². The number of carbonyl (C=O) groups is 1. The first-order chi connectivity index (χ1) is 14.1. The first-order valence-electron chi connectivity index (χ1n) is 9.82. The molecule has 2 atom stereocenters. The van der Waals surface area contributed by atoms with Gasteiger partial charge >= 0.3 is 0 Å². The lowest BCUT2D eigenvalue weighted by molar-refractivity contribution is -0.910. The van der Waals surface area contributed by atoms with Crippen LogP contribution in [0.3, 0.4) is 0 Å². The molecule has 1 amide bonds. The number of nitrogens with one attached hydrogen (secondary N) is 2. The number of hydrogen-bond donors (Lipinski definition) is 2. The molecule has 1 aliphatic heterocycles. The van der Waals surface area contributed by atoms with Crippen molar-refractivity contribution in [3.63, 3.8) is 0 Å². The van der Waals surface area contributed by atoms with Gasteiger partial charge in [-0.15, -0.1) is 0 Å². The fraction of sp³-hybridized carbons (Fsp3) is 0.409. The molecule has 1 saturated heterocycles. The lowest BCUT2D eigenvalue weighted by Crippen LogP contribution is -3.11. The molecular formula is C22H28ClN2O4+. The van der Waals surface area contributed by atoms with E-state index in [9.17, 15) is 4.79 Å². The Morgan fingerprint density at radius 2 is 1.90 bits per heavy atom. The highest BCUT2D eigenvalue weighted by molar-refractivity contribution is 6.30. The van der Waals surface area contributed by atoms with Crippen LogP contribution in [0.5, 0.6) is 17.2 Å². The minimum absolute atomic E-state index is 0.0269. The second-order valence-corrected chi connectivity index (χ2v) is 7.48. The van der Waals surface area contributed by atoms with E-state index in [2.05, 4.69) is 5.32 Å². The van der Waals surface area contributed by atoms with E-state index in [1.54, 1.807) is 26.4 Å². The fourth-order valence-electron chi connectivity index (χ4n) is 3.76. The van der Waals surface area contributed by atoms with Crippen molar-refractivity contribution in [2.24, 2.45) is 0 Å². The molecule has 0 aliphatic carbocycles. The van der Waals surface area contributed by atoms with Crippen molar-refractivity contribution in [2.45, 2.75) is 18.9 Å². The number of ether oxygens (including phenoxy) is 3. The van der Waals surface area contributed by atoms with Gasteiger partial charge in [0, 0.05) is 23.9 Å². The molecule has 0 saturated carbocycles. The minimum atomic E-state index is 0.0269. The summed E-state index contributed by atoms with van der Waals surface area (Å²) in [6.45, 7) is 2.28. The highest BCUT2D eigenvalue weighted by atomic mass is 35.5. The van der Waals surface area contributed by atoms with Crippen LogP contribution in [0.15, 0.2) is 42.5 Å². The van der Waals surface area contributed by atoms with Crippen LogP contribution in [0, 0.1) is 0 Å². The molecule has 2 aromatic carbocycles. The molecular weight excluding hydrogens is 392 g/mol. The third kappa shape index (κ3) is 5.78. The summed E-state index contributed by atoms with van der Waals surface area (Å²) in [6.07, 6.45) is 2.12. The molecule has 0 aromatic heterocycles. The maximum atomic E-state index is 12.4. The highest BCUT2D eigenvalue weighted by Crippen LogP contribution is 2.31. The molecule has 7 heteroatoms. The molecule has 1 fully saturated rings. The van der Waals surface area contributed by atoms with Crippen LogP contribution in [0.2, 0.25) is 5.02 Å². The standard InChI is InChI=1S/C22H27ClN2O4/c1-27-18-9-10-19(21(14-18)28-2)20-4-3-12-25(20)15-22(26)24-11-13-29-17-7-5-16(23)6-8-17/h5-10,14,20H,3-4,11-13,15H2,1-2H3,(H,24,26)/p+1/t20-/m0/s1. The van der Waals surface area contributed by atoms with Crippen LogP contribution < -0.4 is 24.4 Å². The van der Waals surface area contributed by atoms with Crippen LogP contribution in [0.1, 0.15) is 24.4 Å². The van der Waals surface area contributed by atoms with E-state index >= 15 is 0 Å². The lowest BCUT2D eigenvalue weighted by atomic mass is 10.0. The van der Waals surface area contributed by atoms with Crippen molar-refractivity contribution in [1.29, 1.82) is 0 Å². The van der Waals surface area contributed by atoms with Crippen LogP contribution in [0.4, 0.5) is 0 Å². The summed E-state index contributed by atoms with van der Waals surface area (Å²) in [7, 11) is 3.31.